The van der Waals surface area contributed by atoms with Gasteiger partial charge >= 0.3 is 5.97 Å². The number of hydrogen-bond donors (Lipinski definition) is 1. The molecule has 1 aromatic rings. The minimum Gasteiger partial charge on any atom is -0.477 e. The topological polar surface area (TPSA) is 90.7 Å². The van der Waals surface area contributed by atoms with Gasteiger partial charge < -0.3 is 14.6 Å². The quantitative estimate of drug-likeness (QED) is 0.764. The minimum absolute atomic E-state index is 0.0232. The second-order valence-electron chi connectivity index (χ2n) is 4.31. The highest BCUT2D eigenvalue weighted by Crippen LogP contribution is 2.11. The van der Waals surface area contributed by atoms with Gasteiger partial charge in [-0.3, -0.25) is 9.36 Å². The molecule has 0 spiro atoms. The van der Waals surface area contributed by atoms with Crippen LogP contribution in [0.1, 0.15) is 35.9 Å². The van der Waals surface area contributed by atoms with E-state index in [2.05, 4.69) is 4.98 Å². The lowest BCUT2D eigenvalue weighted by Crippen LogP contribution is -2.35. The predicted octanol–water partition coefficient (Wildman–Crippen LogP) is 0.684. The van der Waals surface area contributed by atoms with E-state index in [9.17, 15) is 9.59 Å². The van der Waals surface area contributed by atoms with Crippen molar-refractivity contribution in [2.24, 2.45) is 0 Å². The van der Waals surface area contributed by atoms with Crippen LogP contribution in [0.4, 0.5) is 0 Å². The molecule has 106 valence electrons. The fourth-order valence-corrected chi connectivity index (χ4v) is 1.68. The van der Waals surface area contributed by atoms with Gasteiger partial charge in [-0.2, -0.15) is 0 Å². The molecular weight excluding hydrogens is 252 g/mol. The number of hydrogen-bond acceptors (Lipinski definition) is 5. The standard InChI is InChI=1S/C12H18N2O5/c1-7(2)10-13-5-8(12(16)17)11(15)14(10)6-9(18-3)19-4/h5,7,9H,6H2,1-4H3,(H,16,17). The van der Waals surface area contributed by atoms with Crippen LogP contribution in [0.15, 0.2) is 11.0 Å². The summed E-state index contributed by atoms with van der Waals surface area (Å²) in [4.78, 5) is 27.2. The second-order valence-corrected chi connectivity index (χ2v) is 4.31. The summed E-state index contributed by atoms with van der Waals surface area (Å²) in [6.07, 6.45) is 0.450. The summed E-state index contributed by atoms with van der Waals surface area (Å²) in [7, 11) is 2.89. The van der Waals surface area contributed by atoms with Crippen LogP contribution in [0.25, 0.3) is 0 Å². The van der Waals surface area contributed by atoms with Gasteiger partial charge in [0.15, 0.2) is 6.29 Å². The van der Waals surface area contributed by atoms with Crippen molar-refractivity contribution < 1.29 is 19.4 Å². The lowest BCUT2D eigenvalue weighted by atomic mass is 10.2. The third-order valence-electron chi connectivity index (χ3n) is 2.68. The van der Waals surface area contributed by atoms with Gasteiger partial charge in [0.25, 0.3) is 5.56 Å². The largest absolute Gasteiger partial charge is 0.477 e. The molecule has 0 atom stereocenters. The second kappa shape index (κ2) is 6.44. The Morgan fingerprint density at radius 3 is 2.42 bits per heavy atom. The average Bonchev–Trinajstić information content (AvgIpc) is 2.36. The van der Waals surface area contributed by atoms with Crippen molar-refractivity contribution in [3.05, 3.63) is 27.9 Å². The van der Waals surface area contributed by atoms with Crippen LogP contribution in [0.3, 0.4) is 0 Å². The number of carboxylic acid groups (broad SMARTS) is 1. The molecule has 0 aliphatic rings. The summed E-state index contributed by atoms with van der Waals surface area (Å²) in [5, 5.41) is 8.95. The van der Waals surface area contributed by atoms with Crippen molar-refractivity contribution in [2.45, 2.75) is 32.6 Å². The molecule has 0 aromatic carbocycles. The van der Waals surface area contributed by atoms with Crippen LogP contribution in [0.5, 0.6) is 0 Å². The van der Waals surface area contributed by atoms with E-state index in [4.69, 9.17) is 14.6 Å². The number of ether oxygens (including phenoxy) is 2. The number of carbonyl (C=O) groups is 1. The molecule has 7 heteroatoms. The van der Waals surface area contributed by atoms with Gasteiger partial charge in [0.2, 0.25) is 0 Å². The molecule has 19 heavy (non-hydrogen) atoms. The highest BCUT2D eigenvalue weighted by Gasteiger charge is 2.19. The van der Waals surface area contributed by atoms with Crippen molar-refractivity contribution in [2.75, 3.05) is 14.2 Å². The highest BCUT2D eigenvalue weighted by molar-refractivity contribution is 5.86. The van der Waals surface area contributed by atoms with Gasteiger partial charge in [-0.15, -0.1) is 0 Å². The molecular formula is C12H18N2O5. The molecule has 1 aromatic heterocycles. The van der Waals surface area contributed by atoms with E-state index in [1.807, 2.05) is 13.8 Å². The van der Waals surface area contributed by atoms with Crippen LogP contribution in [-0.4, -0.2) is 41.1 Å². The molecule has 0 saturated heterocycles. The molecule has 1 rings (SSSR count). The number of aromatic nitrogens is 2. The first kappa shape index (κ1) is 15.3. The number of rotatable bonds is 6. The van der Waals surface area contributed by atoms with Gasteiger partial charge in [-0.05, 0) is 0 Å². The van der Waals surface area contributed by atoms with Crippen LogP contribution in [0, 0.1) is 0 Å². The molecule has 1 N–H and O–H groups in total. The Hall–Kier alpha value is -1.73. The van der Waals surface area contributed by atoms with E-state index < -0.39 is 17.8 Å². The zero-order chi connectivity index (χ0) is 14.6. The average molecular weight is 270 g/mol. The molecule has 0 aliphatic carbocycles. The summed E-state index contributed by atoms with van der Waals surface area (Å²) in [6, 6.07) is 0. The van der Waals surface area contributed by atoms with Crippen molar-refractivity contribution in [1.29, 1.82) is 0 Å². The van der Waals surface area contributed by atoms with Crippen LogP contribution >= 0.6 is 0 Å². The SMILES string of the molecule is COC(Cn1c(C(C)C)ncc(C(=O)O)c1=O)OC. The van der Waals surface area contributed by atoms with E-state index in [1.165, 1.54) is 18.8 Å². The maximum Gasteiger partial charge on any atom is 0.342 e. The number of aromatic carboxylic acids is 1. The molecule has 0 saturated carbocycles. The normalized spacial score (nSPS) is 11.3. The number of nitrogens with zero attached hydrogens (tertiary/aromatic N) is 2. The first-order chi connectivity index (χ1) is 8.92. The Morgan fingerprint density at radius 2 is 2.00 bits per heavy atom. The van der Waals surface area contributed by atoms with Gasteiger partial charge in [0.05, 0.1) is 6.54 Å². The maximum absolute atomic E-state index is 12.1. The molecule has 0 bridgehead atoms. The Morgan fingerprint density at radius 1 is 1.42 bits per heavy atom. The van der Waals surface area contributed by atoms with Gasteiger partial charge in [-0.25, -0.2) is 9.78 Å². The van der Waals surface area contributed by atoms with Crippen LogP contribution in [-0.2, 0) is 16.0 Å². The van der Waals surface area contributed by atoms with Crippen molar-refractivity contribution >= 4 is 5.97 Å². The van der Waals surface area contributed by atoms with Gasteiger partial charge in [0, 0.05) is 26.3 Å². The fourth-order valence-electron chi connectivity index (χ4n) is 1.68. The fraction of sp³-hybridized carbons (Fsp3) is 0.583. The van der Waals surface area contributed by atoms with Gasteiger partial charge in [0.1, 0.15) is 11.4 Å². The number of carboxylic acids is 1. The van der Waals surface area contributed by atoms with E-state index in [0.717, 1.165) is 6.20 Å². The first-order valence-electron chi connectivity index (χ1n) is 5.81. The van der Waals surface area contributed by atoms with E-state index in [-0.39, 0.29) is 18.0 Å². The summed E-state index contributed by atoms with van der Waals surface area (Å²) in [5.41, 5.74) is -0.972. The molecule has 0 unspecified atom stereocenters. The summed E-state index contributed by atoms with van der Waals surface area (Å²) < 4.78 is 11.4. The van der Waals surface area contributed by atoms with Gasteiger partial charge in [-0.1, -0.05) is 13.8 Å². The Bertz CT molecular complexity index is 505. The van der Waals surface area contributed by atoms with Crippen LogP contribution in [0.2, 0.25) is 0 Å². The third-order valence-corrected chi connectivity index (χ3v) is 2.68. The Labute approximate surface area is 110 Å². The maximum atomic E-state index is 12.1. The van der Waals surface area contributed by atoms with Crippen LogP contribution < -0.4 is 5.56 Å². The molecule has 0 aliphatic heterocycles. The molecule has 0 amide bonds. The van der Waals surface area contributed by atoms with Crippen molar-refractivity contribution in [3.8, 4) is 0 Å². The molecule has 0 fully saturated rings. The number of methoxy groups -OCH3 is 2. The molecule has 7 nitrogen and oxygen atoms in total. The monoisotopic (exact) mass is 270 g/mol. The first-order valence-corrected chi connectivity index (χ1v) is 5.81. The van der Waals surface area contributed by atoms with E-state index in [1.54, 1.807) is 0 Å². The molecule has 0 radical (unpaired) electrons. The summed E-state index contributed by atoms with van der Waals surface area (Å²) in [6.45, 7) is 3.83. The van der Waals surface area contributed by atoms with E-state index >= 15 is 0 Å². The minimum atomic E-state index is -1.30. The Kier molecular flexibility index (Phi) is 5.20. The highest BCUT2D eigenvalue weighted by atomic mass is 16.7. The zero-order valence-electron chi connectivity index (χ0n) is 11.4. The molecule has 1 heterocycles. The van der Waals surface area contributed by atoms with E-state index in [0.29, 0.717) is 5.82 Å². The summed E-state index contributed by atoms with van der Waals surface area (Å²) in [5.74, 6) is -0.827. The predicted molar refractivity (Wildman–Crippen MR) is 67.4 cm³/mol. The summed E-state index contributed by atoms with van der Waals surface area (Å²) >= 11 is 0. The Balaban J connectivity index is 3.34. The van der Waals surface area contributed by atoms with Crippen molar-refractivity contribution in [3.63, 3.8) is 0 Å². The lowest BCUT2D eigenvalue weighted by Gasteiger charge is -2.19. The van der Waals surface area contributed by atoms with Crippen molar-refractivity contribution in [1.82, 2.24) is 9.55 Å². The lowest BCUT2D eigenvalue weighted by molar-refractivity contribution is -0.111. The smallest absolute Gasteiger partial charge is 0.342 e. The third kappa shape index (κ3) is 3.39. The zero-order valence-corrected chi connectivity index (χ0v) is 11.4.